The van der Waals surface area contributed by atoms with Gasteiger partial charge in [0.15, 0.2) is 5.17 Å². The van der Waals surface area contributed by atoms with Crippen LogP contribution in [0.15, 0.2) is 38.5 Å². The molecule has 0 spiro atoms. The minimum atomic E-state index is -0.153. The van der Waals surface area contributed by atoms with Crippen LogP contribution in [0.3, 0.4) is 0 Å². The van der Waals surface area contributed by atoms with Crippen molar-refractivity contribution in [2.75, 3.05) is 19.0 Å². The average molecular weight is 398 g/mol. The second kappa shape index (κ2) is 7.42. The summed E-state index contributed by atoms with van der Waals surface area (Å²) in [4.78, 5) is 20.0. The van der Waals surface area contributed by atoms with Crippen molar-refractivity contribution in [1.82, 2.24) is 9.91 Å². The lowest BCUT2D eigenvalue weighted by atomic mass is 10.2. The Bertz CT molecular complexity index is 767. The fraction of sp³-hybridized carbons (Fsp3) is 0.438. The van der Waals surface area contributed by atoms with Crippen LogP contribution in [-0.2, 0) is 4.79 Å². The number of halogens is 2. The lowest BCUT2D eigenvalue weighted by Gasteiger charge is -2.19. The fourth-order valence-corrected chi connectivity index (χ4v) is 4.29. The predicted octanol–water partition coefficient (Wildman–Crippen LogP) is 2.74. The van der Waals surface area contributed by atoms with Crippen molar-refractivity contribution in [2.24, 2.45) is 22.7 Å². The van der Waals surface area contributed by atoms with E-state index < -0.39 is 0 Å². The number of alkyl halides is 1. The van der Waals surface area contributed by atoms with Gasteiger partial charge in [-0.1, -0.05) is 23.4 Å². The topological polar surface area (TPSA) is 85.7 Å². The molecule has 2 N–H and O–H groups in total. The highest BCUT2D eigenvalue weighted by atomic mass is 35.5. The van der Waals surface area contributed by atoms with Gasteiger partial charge >= 0.3 is 0 Å². The minimum absolute atomic E-state index is 0.0107. The fourth-order valence-electron chi connectivity index (χ4n) is 2.90. The van der Waals surface area contributed by atoms with Gasteiger partial charge in [-0.25, -0.2) is 5.84 Å². The van der Waals surface area contributed by atoms with Crippen LogP contribution in [0.2, 0.25) is 0 Å². The largest absolute Gasteiger partial charge is 0.297 e. The maximum atomic E-state index is 12.8. The van der Waals surface area contributed by atoms with Crippen LogP contribution in [0, 0.1) is 23.2 Å². The molecule has 132 valence electrons. The molecule has 3 rings (SSSR count). The molecule has 0 bridgehead atoms. The van der Waals surface area contributed by atoms with E-state index in [4.69, 9.17) is 34.3 Å². The molecule has 2 atom stereocenters. The highest BCUT2D eigenvalue weighted by Gasteiger charge is 2.48. The van der Waals surface area contributed by atoms with Crippen LogP contribution in [0.4, 0.5) is 0 Å². The summed E-state index contributed by atoms with van der Waals surface area (Å²) in [6.07, 6.45) is 3.94. The summed E-state index contributed by atoms with van der Waals surface area (Å²) < 4.78 is 0. The molecule has 0 saturated heterocycles. The van der Waals surface area contributed by atoms with Gasteiger partial charge in [-0.15, -0.1) is 11.6 Å². The van der Waals surface area contributed by atoms with E-state index in [1.54, 1.807) is 17.1 Å². The number of fused-ring (bicyclic) bond motifs is 1. The van der Waals surface area contributed by atoms with Crippen molar-refractivity contribution in [2.45, 2.75) is 13.3 Å². The first-order valence-corrected chi connectivity index (χ1v) is 9.49. The molecule has 3 aliphatic rings. The summed E-state index contributed by atoms with van der Waals surface area (Å²) >= 11 is 13.1. The molecular formula is C16H17Cl2N5OS. The first-order valence-electron chi connectivity index (χ1n) is 7.76. The van der Waals surface area contributed by atoms with Crippen LogP contribution in [0.1, 0.15) is 13.3 Å². The average Bonchev–Trinajstić information content (AvgIpc) is 3.29. The molecule has 9 heteroatoms. The number of hydrogen-bond donors (Lipinski definition) is 1. The third kappa shape index (κ3) is 3.72. The van der Waals surface area contributed by atoms with Crippen molar-refractivity contribution in [3.8, 4) is 6.07 Å². The number of nitrogens with two attached hydrogens (primary N) is 1. The van der Waals surface area contributed by atoms with Gasteiger partial charge in [0, 0.05) is 28.5 Å². The number of rotatable bonds is 5. The summed E-state index contributed by atoms with van der Waals surface area (Å²) in [6, 6.07) is 2.28. The second-order valence-corrected chi connectivity index (χ2v) is 7.88. The lowest BCUT2D eigenvalue weighted by Crippen LogP contribution is -2.32. The summed E-state index contributed by atoms with van der Waals surface area (Å²) in [6.45, 7) is 2.63. The Hall–Kier alpha value is -1.46. The highest BCUT2D eigenvalue weighted by Crippen LogP contribution is 2.51. The number of allylic oxidation sites excluding steroid dienone is 3. The van der Waals surface area contributed by atoms with E-state index in [9.17, 15) is 4.79 Å². The number of aliphatic imine (C=N–C) groups is 1. The molecule has 0 aromatic rings. The number of nitriles is 1. The molecule has 1 amide bonds. The van der Waals surface area contributed by atoms with E-state index in [2.05, 4.69) is 11.1 Å². The molecule has 2 heterocycles. The third-order valence-corrected chi connectivity index (χ3v) is 5.74. The van der Waals surface area contributed by atoms with Crippen molar-refractivity contribution in [1.29, 1.82) is 5.26 Å². The summed E-state index contributed by atoms with van der Waals surface area (Å²) in [5.41, 5.74) is 1.68. The molecule has 0 radical (unpaired) electrons. The molecule has 1 aliphatic carbocycles. The Kier molecular flexibility index (Phi) is 5.44. The maximum Gasteiger partial charge on any atom is 0.257 e. The Morgan fingerprint density at radius 1 is 1.68 bits per heavy atom. The van der Waals surface area contributed by atoms with E-state index in [-0.39, 0.29) is 30.2 Å². The quantitative estimate of drug-likeness (QED) is 0.333. The van der Waals surface area contributed by atoms with Crippen LogP contribution in [0.5, 0.6) is 0 Å². The molecule has 1 saturated carbocycles. The Balaban J connectivity index is 1.79. The first-order chi connectivity index (χ1) is 12.0. The monoisotopic (exact) mass is 397 g/mol. The summed E-state index contributed by atoms with van der Waals surface area (Å²) in [7, 11) is 0. The Morgan fingerprint density at radius 3 is 3.08 bits per heavy atom. The highest BCUT2D eigenvalue weighted by molar-refractivity contribution is 8.17. The van der Waals surface area contributed by atoms with Crippen LogP contribution >= 0.6 is 35.0 Å². The van der Waals surface area contributed by atoms with Crippen molar-refractivity contribution < 1.29 is 4.79 Å². The predicted molar refractivity (Wildman–Crippen MR) is 100 cm³/mol. The standard InChI is InChI=1S/C16H17Cl2N5OS/c1-9-15(12-5-11(12)6-19)23-14(24)4-10(7-21-16(23)25-9)8-22(20)13(18)2-3-17/h2,4,11-12H,3,5,7-8,20H2,1H3/b13-2-. The smallest absolute Gasteiger partial charge is 0.257 e. The Labute approximate surface area is 160 Å². The molecule has 25 heavy (non-hydrogen) atoms. The van der Waals surface area contributed by atoms with Crippen LogP contribution in [0.25, 0.3) is 0 Å². The van der Waals surface area contributed by atoms with E-state index >= 15 is 0 Å². The van der Waals surface area contributed by atoms with Gasteiger partial charge in [-0.3, -0.25) is 19.7 Å². The zero-order chi connectivity index (χ0) is 18.1. The molecular weight excluding hydrogens is 381 g/mol. The number of hydrazine groups is 1. The van der Waals surface area contributed by atoms with Gasteiger partial charge in [0.1, 0.15) is 5.16 Å². The number of carbonyl (C=O) groups is 1. The lowest BCUT2D eigenvalue weighted by molar-refractivity contribution is -0.121. The number of carbonyl (C=O) groups excluding carboxylic acids is 1. The van der Waals surface area contributed by atoms with E-state index in [0.29, 0.717) is 16.9 Å². The van der Waals surface area contributed by atoms with Crippen molar-refractivity contribution in [3.05, 3.63) is 33.5 Å². The number of nitrogens with zero attached hydrogens (tertiary/aromatic N) is 4. The van der Waals surface area contributed by atoms with Gasteiger partial charge in [0.25, 0.3) is 5.91 Å². The number of amidine groups is 1. The SMILES string of the molecule is CC1=C(C2CC2C#N)N2C(=O)C=C(CN(N)/C(Cl)=C\CCl)CN=C2S1. The maximum absolute atomic E-state index is 12.8. The van der Waals surface area contributed by atoms with Gasteiger partial charge in [0.05, 0.1) is 25.1 Å². The van der Waals surface area contributed by atoms with E-state index in [1.165, 1.54) is 16.8 Å². The van der Waals surface area contributed by atoms with Crippen molar-refractivity contribution in [3.63, 3.8) is 0 Å². The molecule has 2 unspecified atom stereocenters. The molecule has 1 fully saturated rings. The zero-order valence-electron chi connectivity index (χ0n) is 13.6. The molecule has 0 aromatic carbocycles. The van der Waals surface area contributed by atoms with Gasteiger partial charge < -0.3 is 0 Å². The second-order valence-electron chi connectivity index (χ2n) is 6.01. The Morgan fingerprint density at radius 2 is 2.44 bits per heavy atom. The minimum Gasteiger partial charge on any atom is -0.297 e. The zero-order valence-corrected chi connectivity index (χ0v) is 15.9. The van der Waals surface area contributed by atoms with Gasteiger partial charge in [-0.05, 0) is 25.0 Å². The van der Waals surface area contributed by atoms with E-state index in [0.717, 1.165) is 22.6 Å². The first kappa shape index (κ1) is 18.3. The number of amides is 1. The van der Waals surface area contributed by atoms with Crippen LogP contribution in [-0.4, -0.2) is 40.0 Å². The normalized spacial score (nSPS) is 26.0. The third-order valence-electron chi connectivity index (χ3n) is 4.20. The number of hydrogen-bond acceptors (Lipinski definition) is 6. The van der Waals surface area contributed by atoms with Gasteiger partial charge in [-0.2, -0.15) is 5.26 Å². The van der Waals surface area contributed by atoms with Crippen LogP contribution < -0.4 is 5.84 Å². The van der Waals surface area contributed by atoms with Crippen molar-refractivity contribution >= 4 is 46.0 Å². The number of thioether (sulfide) groups is 1. The summed E-state index contributed by atoms with van der Waals surface area (Å²) in [5, 5.41) is 11.4. The molecule has 2 aliphatic heterocycles. The summed E-state index contributed by atoms with van der Waals surface area (Å²) in [5.74, 6) is 6.11. The van der Waals surface area contributed by atoms with E-state index in [1.807, 2.05) is 6.92 Å². The molecule has 0 aromatic heterocycles. The molecule has 6 nitrogen and oxygen atoms in total. The van der Waals surface area contributed by atoms with Gasteiger partial charge in [0.2, 0.25) is 0 Å².